The lowest BCUT2D eigenvalue weighted by Crippen LogP contribution is -2.21. The van der Waals surface area contributed by atoms with Gasteiger partial charge in [-0.2, -0.15) is 0 Å². The standard InChI is InChI=1S/C9H11NO5S/c1-5(11)16(14,15)8-6(9(12)13)3-2-4-7(8)10/h2-5,11H,10H2,1H3,(H,12,13). The normalized spacial score (nSPS) is 13.4. The maximum absolute atomic E-state index is 11.7. The number of aliphatic hydroxyl groups is 1. The van der Waals surface area contributed by atoms with Crippen molar-refractivity contribution in [3.8, 4) is 0 Å². The van der Waals surface area contributed by atoms with Crippen LogP contribution in [-0.2, 0) is 9.84 Å². The zero-order valence-corrected chi connectivity index (χ0v) is 9.23. The highest BCUT2D eigenvalue weighted by atomic mass is 32.2. The topological polar surface area (TPSA) is 118 Å². The van der Waals surface area contributed by atoms with E-state index in [0.717, 1.165) is 13.0 Å². The number of aliphatic hydroxyl groups excluding tert-OH is 1. The molecule has 1 rings (SSSR count). The van der Waals surface area contributed by atoms with Gasteiger partial charge < -0.3 is 15.9 Å². The quantitative estimate of drug-likeness (QED) is 0.649. The fourth-order valence-electron chi connectivity index (χ4n) is 1.21. The first-order chi connectivity index (χ1) is 7.28. The Morgan fingerprint density at radius 1 is 1.44 bits per heavy atom. The highest BCUT2D eigenvalue weighted by molar-refractivity contribution is 7.92. The molecular formula is C9H11NO5S. The third-order valence-corrected chi connectivity index (χ3v) is 3.93. The summed E-state index contributed by atoms with van der Waals surface area (Å²) in [5, 5.41) is 18.0. The van der Waals surface area contributed by atoms with E-state index in [1.807, 2.05) is 0 Å². The van der Waals surface area contributed by atoms with Crippen LogP contribution in [0.2, 0.25) is 0 Å². The summed E-state index contributed by atoms with van der Waals surface area (Å²) in [5.41, 5.74) is 3.08. The molecule has 0 saturated carbocycles. The largest absolute Gasteiger partial charge is 0.478 e. The average Bonchev–Trinajstić information content (AvgIpc) is 2.16. The van der Waals surface area contributed by atoms with Gasteiger partial charge in [0.1, 0.15) is 4.90 Å². The Labute approximate surface area is 92.2 Å². The van der Waals surface area contributed by atoms with Gasteiger partial charge in [-0.05, 0) is 19.1 Å². The number of hydrogen-bond acceptors (Lipinski definition) is 5. The second-order valence-electron chi connectivity index (χ2n) is 3.17. The summed E-state index contributed by atoms with van der Waals surface area (Å²) in [6, 6.07) is 3.72. The minimum atomic E-state index is -4.13. The molecule has 4 N–H and O–H groups in total. The first-order valence-corrected chi connectivity index (χ1v) is 5.87. The second kappa shape index (κ2) is 4.11. The Bertz CT molecular complexity index is 521. The minimum absolute atomic E-state index is 0.194. The number of sulfone groups is 1. The van der Waals surface area contributed by atoms with Crippen molar-refractivity contribution in [2.24, 2.45) is 0 Å². The summed E-state index contributed by atoms with van der Waals surface area (Å²) in [6.07, 6.45) is 0. The SMILES string of the molecule is CC(O)S(=O)(=O)c1c(N)cccc1C(=O)O. The zero-order chi connectivity index (χ0) is 12.5. The Balaban J connectivity index is 3.62. The fraction of sp³-hybridized carbons (Fsp3) is 0.222. The van der Waals surface area contributed by atoms with Gasteiger partial charge in [-0.15, -0.1) is 0 Å². The molecule has 6 nitrogen and oxygen atoms in total. The molecule has 0 fully saturated rings. The molecule has 0 aliphatic rings. The predicted molar refractivity (Wildman–Crippen MR) is 56.7 cm³/mol. The van der Waals surface area contributed by atoms with E-state index < -0.39 is 31.7 Å². The molecule has 1 aromatic rings. The second-order valence-corrected chi connectivity index (χ2v) is 5.35. The molecule has 7 heteroatoms. The van der Waals surface area contributed by atoms with Gasteiger partial charge in [0.2, 0.25) is 9.84 Å². The molecule has 16 heavy (non-hydrogen) atoms. The number of nitrogens with two attached hydrogens (primary N) is 1. The Hall–Kier alpha value is -1.60. The van der Waals surface area contributed by atoms with Crippen molar-refractivity contribution in [3.63, 3.8) is 0 Å². The number of hydrogen-bond donors (Lipinski definition) is 3. The van der Waals surface area contributed by atoms with Crippen LogP contribution in [0.4, 0.5) is 5.69 Å². The molecule has 0 aliphatic carbocycles. The molecule has 1 aromatic carbocycles. The van der Waals surface area contributed by atoms with Gasteiger partial charge in [0, 0.05) is 0 Å². The maximum atomic E-state index is 11.7. The molecule has 0 saturated heterocycles. The molecule has 0 radical (unpaired) electrons. The van der Waals surface area contributed by atoms with Crippen molar-refractivity contribution >= 4 is 21.5 Å². The summed E-state index contributed by atoms with van der Waals surface area (Å²) in [6.45, 7) is 1.04. The van der Waals surface area contributed by atoms with E-state index in [1.54, 1.807) is 0 Å². The first kappa shape index (κ1) is 12.5. The third-order valence-electron chi connectivity index (χ3n) is 2.01. The van der Waals surface area contributed by atoms with E-state index in [1.165, 1.54) is 12.1 Å². The van der Waals surface area contributed by atoms with E-state index in [4.69, 9.17) is 15.9 Å². The smallest absolute Gasteiger partial charge is 0.337 e. The van der Waals surface area contributed by atoms with Crippen LogP contribution < -0.4 is 5.73 Å². The van der Waals surface area contributed by atoms with Crippen LogP contribution in [0.15, 0.2) is 23.1 Å². The lowest BCUT2D eigenvalue weighted by Gasteiger charge is -2.12. The summed E-state index contributed by atoms with van der Waals surface area (Å²) in [7, 11) is -4.13. The van der Waals surface area contributed by atoms with Crippen LogP contribution in [0.5, 0.6) is 0 Å². The van der Waals surface area contributed by atoms with Gasteiger partial charge in [-0.25, -0.2) is 13.2 Å². The van der Waals surface area contributed by atoms with Crippen LogP contribution in [-0.4, -0.2) is 30.0 Å². The van der Waals surface area contributed by atoms with Crippen molar-refractivity contribution < 1.29 is 23.4 Å². The van der Waals surface area contributed by atoms with Gasteiger partial charge in [-0.1, -0.05) is 6.07 Å². The van der Waals surface area contributed by atoms with Crippen molar-refractivity contribution in [1.29, 1.82) is 0 Å². The van der Waals surface area contributed by atoms with Crippen LogP contribution in [0.1, 0.15) is 17.3 Å². The average molecular weight is 245 g/mol. The van der Waals surface area contributed by atoms with Crippen LogP contribution in [0, 0.1) is 0 Å². The number of anilines is 1. The molecule has 0 amide bonds. The molecule has 0 spiro atoms. The maximum Gasteiger partial charge on any atom is 0.337 e. The molecule has 1 atom stereocenters. The van der Waals surface area contributed by atoms with Crippen LogP contribution in [0.25, 0.3) is 0 Å². The third kappa shape index (κ3) is 2.00. The zero-order valence-electron chi connectivity index (χ0n) is 8.41. The fourth-order valence-corrected chi connectivity index (χ4v) is 2.41. The lowest BCUT2D eigenvalue weighted by molar-refractivity contribution is 0.0692. The molecule has 88 valence electrons. The van der Waals surface area contributed by atoms with Crippen LogP contribution in [0.3, 0.4) is 0 Å². The van der Waals surface area contributed by atoms with Crippen LogP contribution >= 0.6 is 0 Å². The molecule has 0 heterocycles. The molecular weight excluding hydrogens is 234 g/mol. The Morgan fingerprint density at radius 3 is 2.44 bits per heavy atom. The lowest BCUT2D eigenvalue weighted by atomic mass is 10.2. The summed E-state index contributed by atoms with van der Waals surface area (Å²) in [5.74, 6) is -1.41. The minimum Gasteiger partial charge on any atom is -0.478 e. The Kier molecular flexibility index (Phi) is 3.20. The first-order valence-electron chi connectivity index (χ1n) is 4.32. The van der Waals surface area contributed by atoms with Crippen molar-refractivity contribution in [2.45, 2.75) is 17.3 Å². The van der Waals surface area contributed by atoms with Gasteiger partial charge in [0.25, 0.3) is 0 Å². The molecule has 0 aromatic heterocycles. The molecule has 0 aliphatic heterocycles. The number of aromatic carboxylic acids is 1. The van der Waals surface area contributed by atoms with Gasteiger partial charge in [0.05, 0.1) is 11.3 Å². The van der Waals surface area contributed by atoms with Crippen molar-refractivity contribution in [3.05, 3.63) is 23.8 Å². The summed E-state index contributed by atoms with van der Waals surface area (Å²) >= 11 is 0. The van der Waals surface area contributed by atoms with Gasteiger partial charge in [0.15, 0.2) is 5.44 Å². The highest BCUT2D eigenvalue weighted by Gasteiger charge is 2.28. The molecule has 1 unspecified atom stereocenters. The number of nitrogen functional groups attached to an aromatic ring is 1. The number of rotatable bonds is 3. The highest BCUT2D eigenvalue weighted by Crippen LogP contribution is 2.26. The number of benzene rings is 1. The van der Waals surface area contributed by atoms with E-state index in [-0.39, 0.29) is 5.69 Å². The predicted octanol–water partition coefficient (Wildman–Crippen LogP) is 0.0790. The number of carbonyl (C=O) groups is 1. The van der Waals surface area contributed by atoms with Gasteiger partial charge >= 0.3 is 5.97 Å². The summed E-state index contributed by atoms with van der Waals surface area (Å²) < 4.78 is 23.4. The van der Waals surface area contributed by atoms with E-state index >= 15 is 0 Å². The Morgan fingerprint density at radius 2 is 2.00 bits per heavy atom. The van der Waals surface area contributed by atoms with E-state index in [0.29, 0.717) is 0 Å². The summed E-state index contributed by atoms with van der Waals surface area (Å²) in [4.78, 5) is 10.3. The molecule has 0 bridgehead atoms. The van der Waals surface area contributed by atoms with E-state index in [2.05, 4.69) is 0 Å². The monoisotopic (exact) mass is 245 g/mol. The van der Waals surface area contributed by atoms with Crippen molar-refractivity contribution in [2.75, 3.05) is 5.73 Å². The van der Waals surface area contributed by atoms with Gasteiger partial charge in [-0.3, -0.25) is 0 Å². The number of carboxylic acids is 1. The van der Waals surface area contributed by atoms with E-state index in [9.17, 15) is 13.2 Å². The number of carboxylic acid groups (broad SMARTS) is 1. The van der Waals surface area contributed by atoms with Crippen molar-refractivity contribution in [1.82, 2.24) is 0 Å².